The molecule has 1 aliphatic rings. The third-order valence-corrected chi connectivity index (χ3v) is 3.56. The second-order valence-electron chi connectivity index (χ2n) is 5.38. The van der Waals surface area contributed by atoms with Gasteiger partial charge in [-0.05, 0) is 37.6 Å². The van der Waals surface area contributed by atoms with Crippen LogP contribution in [0.2, 0.25) is 0 Å². The van der Waals surface area contributed by atoms with Gasteiger partial charge < -0.3 is 16.4 Å². The van der Waals surface area contributed by atoms with Crippen molar-refractivity contribution in [3.05, 3.63) is 46.9 Å². The third-order valence-electron chi connectivity index (χ3n) is 3.56. The highest BCUT2D eigenvalue weighted by molar-refractivity contribution is 6.02. The summed E-state index contributed by atoms with van der Waals surface area (Å²) in [7, 11) is 0. The summed E-state index contributed by atoms with van der Waals surface area (Å²) in [4.78, 5) is 21.0. The number of benzene rings is 1. The van der Waals surface area contributed by atoms with Gasteiger partial charge in [-0.3, -0.25) is 4.79 Å². The van der Waals surface area contributed by atoms with Crippen LogP contribution in [-0.4, -0.2) is 22.4 Å². The Morgan fingerprint density at radius 3 is 3.00 bits per heavy atom. The number of hydrogen-bond acceptors (Lipinski definition) is 5. The number of rotatable bonds is 5. The molecule has 1 aromatic carbocycles. The zero-order valence-corrected chi connectivity index (χ0v) is 12.5. The lowest BCUT2D eigenvalue weighted by atomic mass is 10.2. The first-order valence-electron chi connectivity index (χ1n) is 7.39. The molecule has 1 aromatic heterocycles. The van der Waals surface area contributed by atoms with Crippen LogP contribution in [0, 0.1) is 6.92 Å². The summed E-state index contributed by atoms with van der Waals surface area (Å²) in [5, 5.41) is 6.05. The molecule has 4 N–H and O–H groups in total. The molecule has 0 saturated heterocycles. The average Bonchev–Trinajstić information content (AvgIpc) is 2.87. The summed E-state index contributed by atoms with van der Waals surface area (Å²) in [5.41, 5.74) is 8.89. The molecule has 1 aliphatic heterocycles. The maximum absolute atomic E-state index is 12.0. The molecular weight excluding hydrogens is 278 g/mol. The standard InChI is InChI=1S/C16H19N5O/c1-10-4-2-5-11(8-10)19-15-14-12(9-18-16(14)22)20-13(21-15)6-3-7-17/h2,4-5,8H,3,6-7,9,17H2,1H3,(H,18,22)(H,19,20,21). The van der Waals surface area contributed by atoms with E-state index in [1.807, 2.05) is 31.2 Å². The van der Waals surface area contributed by atoms with Crippen molar-refractivity contribution in [2.24, 2.45) is 5.73 Å². The first-order chi connectivity index (χ1) is 10.7. The number of carbonyl (C=O) groups excluding carboxylic acids is 1. The Morgan fingerprint density at radius 2 is 2.23 bits per heavy atom. The predicted octanol–water partition coefficient (Wildman–Crippen LogP) is 1.66. The Bertz CT molecular complexity index is 714. The molecule has 0 radical (unpaired) electrons. The molecule has 0 saturated carbocycles. The molecule has 22 heavy (non-hydrogen) atoms. The molecule has 114 valence electrons. The first kappa shape index (κ1) is 14.5. The molecule has 0 aliphatic carbocycles. The van der Waals surface area contributed by atoms with Gasteiger partial charge in [0.05, 0.1) is 12.2 Å². The van der Waals surface area contributed by atoms with E-state index in [-0.39, 0.29) is 5.91 Å². The molecule has 0 spiro atoms. The number of nitrogens with zero attached hydrogens (tertiary/aromatic N) is 2. The van der Waals surface area contributed by atoms with Crippen LogP contribution in [0.25, 0.3) is 0 Å². The van der Waals surface area contributed by atoms with Crippen molar-refractivity contribution in [3.8, 4) is 0 Å². The fourth-order valence-electron chi connectivity index (χ4n) is 2.50. The van der Waals surface area contributed by atoms with Gasteiger partial charge in [0.2, 0.25) is 0 Å². The predicted molar refractivity (Wildman–Crippen MR) is 85.0 cm³/mol. The Kier molecular flexibility index (Phi) is 4.02. The van der Waals surface area contributed by atoms with E-state index in [9.17, 15) is 4.79 Å². The van der Waals surface area contributed by atoms with Crippen LogP contribution < -0.4 is 16.4 Å². The van der Waals surface area contributed by atoms with Gasteiger partial charge >= 0.3 is 0 Å². The van der Waals surface area contributed by atoms with Crippen LogP contribution in [-0.2, 0) is 13.0 Å². The fourth-order valence-corrected chi connectivity index (χ4v) is 2.50. The lowest BCUT2D eigenvalue weighted by molar-refractivity contribution is 0.0966. The lowest BCUT2D eigenvalue weighted by Crippen LogP contribution is -2.14. The summed E-state index contributed by atoms with van der Waals surface area (Å²) in [5.74, 6) is 1.16. The minimum absolute atomic E-state index is 0.129. The van der Waals surface area contributed by atoms with Crippen molar-refractivity contribution < 1.29 is 4.79 Å². The monoisotopic (exact) mass is 297 g/mol. The van der Waals surface area contributed by atoms with Gasteiger partial charge in [-0.1, -0.05) is 12.1 Å². The zero-order valence-electron chi connectivity index (χ0n) is 12.5. The molecule has 0 bridgehead atoms. The van der Waals surface area contributed by atoms with Gasteiger partial charge in [0, 0.05) is 12.1 Å². The van der Waals surface area contributed by atoms with Crippen LogP contribution in [0.4, 0.5) is 11.5 Å². The number of aromatic nitrogens is 2. The minimum atomic E-state index is -0.129. The van der Waals surface area contributed by atoms with Crippen molar-refractivity contribution >= 4 is 17.4 Å². The number of anilines is 2. The second-order valence-corrected chi connectivity index (χ2v) is 5.38. The summed E-state index contributed by atoms with van der Waals surface area (Å²) >= 11 is 0. The van der Waals surface area contributed by atoms with Crippen LogP contribution in [0.15, 0.2) is 24.3 Å². The summed E-state index contributed by atoms with van der Waals surface area (Å²) < 4.78 is 0. The Hall–Kier alpha value is -2.47. The fraction of sp³-hybridized carbons (Fsp3) is 0.312. The van der Waals surface area contributed by atoms with E-state index in [1.165, 1.54) is 0 Å². The Balaban J connectivity index is 1.97. The second kappa shape index (κ2) is 6.11. The summed E-state index contributed by atoms with van der Waals surface area (Å²) in [6.07, 6.45) is 1.53. The molecular formula is C16H19N5O. The molecule has 3 rings (SSSR count). The van der Waals surface area contributed by atoms with Gasteiger partial charge in [-0.15, -0.1) is 0 Å². The molecule has 6 heteroatoms. The van der Waals surface area contributed by atoms with E-state index in [0.717, 1.165) is 29.2 Å². The molecule has 0 fully saturated rings. The van der Waals surface area contributed by atoms with Crippen molar-refractivity contribution in [1.82, 2.24) is 15.3 Å². The van der Waals surface area contributed by atoms with E-state index in [1.54, 1.807) is 0 Å². The van der Waals surface area contributed by atoms with Crippen molar-refractivity contribution in [2.45, 2.75) is 26.3 Å². The zero-order chi connectivity index (χ0) is 15.5. The first-order valence-corrected chi connectivity index (χ1v) is 7.39. The topological polar surface area (TPSA) is 92.9 Å². The maximum atomic E-state index is 12.0. The van der Waals surface area contributed by atoms with E-state index in [0.29, 0.717) is 30.9 Å². The number of nitrogens with two attached hydrogens (primary N) is 1. The largest absolute Gasteiger partial charge is 0.346 e. The number of hydrogen-bond donors (Lipinski definition) is 3. The highest BCUT2D eigenvalue weighted by Crippen LogP contribution is 2.25. The van der Waals surface area contributed by atoms with Gasteiger partial charge in [-0.2, -0.15) is 0 Å². The molecule has 0 unspecified atom stereocenters. The van der Waals surface area contributed by atoms with Gasteiger partial charge in [0.15, 0.2) is 0 Å². The molecule has 6 nitrogen and oxygen atoms in total. The van der Waals surface area contributed by atoms with E-state index in [2.05, 4.69) is 20.6 Å². The maximum Gasteiger partial charge on any atom is 0.257 e. The summed E-state index contributed by atoms with van der Waals surface area (Å²) in [6.45, 7) is 3.07. The van der Waals surface area contributed by atoms with E-state index in [4.69, 9.17) is 5.73 Å². The normalized spacial score (nSPS) is 12.9. The minimum Gasteiger partial charge on any atom is -0.346 e. The number of aryl methyl sites for hydroxylation is 2. The smallest absolute Gasteiger partial charge is 0.257 e. The Morgan fingerprint density at radius 1 is 1.36 bits per heavy atom. The summed E-state index contributed by atoms with van der Waals surface area (Å²) in [6, 6.07) is 7.96. The lowest BCUT2D eigenvalue weighted by Gasteiger charge is -2.11. The highest BCUT2D eigenvalue weighted by atomic mass is 16.2. The van der Waals surface area contributed by atoms with Gasteiger partial charge in [0.1, 0.15) is 17.2 Å². The van der Waals surface area contributed by atoms with Crippen molar-refractivity contribution in [3.63, 3.8) is 0 Å². The van der Waals surface area contributed by atoms with Gasteiger partial charge in [0.25, 0.3) is 5.91 Å². The molecule has 2 aromatic rings. The number of nitrogens with one attached hydrogen (secondary N) is 2. The molecule has 2 heterocycles. The van der Waals surface area contributed by atoms with E-state index >= 15 is 0 Å². The van der Waals surface area contributed by atoms with E-state index < -0.39 is 0 Å². The molecule has 1 amide bonds. The third kappa shape index (κ3) is 2.92. The average molecular weight is 297 g/mol. The van der Waals surface area contributed by atoms with Crippen LogP contribution in [0.3, 0.4) is 0 Å². The van der Waals surface area contributed by atoms with Crippen LogP contribution in [0.5, 0.6) is 0 Å². The Labute approximate surface area is 129 Å². The quantitative estimate of drug-likeness (QED) is 0.780. The molecule has 0 atom stereocenters. The van der Waals surface area contributed by atoms with Gasteiger partial charge in [-0.25, -0.2) is 9.97 Å². The van der Waals surface area contributed by atoms with Crippen LogP contribution in [0.1, 0.15) is 33.9 Å². The van der Waals surface area contributed by atoms with Crippen molar-refractivity contribution in [1.29, 1.82) is 0 Å². The van der Waals surface area contributed by atoms with Crippen molar-refractivity contribution in [2.75, 3.05) is 11.9 Å². The number of fused-ring (bicyclic) bond motifs is 1. The highest BCUT2D eigenvalue weighted by Gasteiger charge is 2.26. The number of amides is 1. The van der Waals surface area contributed by atoms with Crippen LogP contribution >= 0.6 is 0 Å². The number of carbonyl (C=O) groups is 1. The SMILES string of the molecule is Cc1cccc(Nc2nc(CCCN)nc3c2C(=O)NC3)c1.